The van der Waals surface area contributed by atoms with Crippen LogP contribution in [0.15, 0.2) is 18.5 Å². The van der Waals surface area contributed by atoms with Crippen molar-refractivity contribution in [1.82, 2.24) is 9.88 Å². The second-order valence-electron chi connectivity index (χ2n) is 4.10. The molecular formula is C11H20N2O. The Morgan fingerprint density at radius 2 is 2.21 bits per heavy atom. The molecule has 0 saturated carbocycles. The molecule has 3 nitrogen and oxygen atoms in total. The van der Waals surface area contributed by atoms with E-state index in [2.05, 4.69) is 31.4 Å². The van der Waals surface area contributed by atoms with Gasteiger partial charge in [-0.15, -0.1) is 0 Å². The second-order valence-corrected chi connectivity index (χ2v) is 4.10. The first-order chi connectivity index (χ1) is 6.63. The van der Waals surface area contributed by atoms with Gasteiger partial charge in [0.25, 0.3) is 0 Å². The van der Waals surface area contributed by atoms with Crippen molar-refractivity contribution in [2.24, 2.45) is 13.0 Å². The van der Waals surface area contributed by atoms with E-state index in [0.29, 0.717) is 5.92 Å². The van der Waals surface area contributed by atoms with Gasteiger partial charge in [-0.25, -0.2) is 0 Å². The number of aryl methyl sites for hydroxylation is 1. The minimum Gasteiger partial charge on any atom is -0.395 e. The summed E-state index contributed by atoms with van der Waals surface area (Å²) in [5.74, 6) is 0.462. The summed E-state index contributed by atoms with van der Waals surface area (Å²) in [5, 5.41) is 12.4. The minimum absolute atomic E-state index is 0.190. The first kappa shape index (κ1) is 11.3. The van der Waals surface area contributed by atoms with Crippen LogP contribution in [0, 0.1) is 5.92 Å². The maximum absolute atomic E-state index is 9.11. The molecule has 1 aromatic rings. The highest BCUT2D eigenvalue weighted by Crippen LogP contribution is 2.04. The van der Waals surface area contributed by atoms with Crippen LogP contribution in [0.25, 0.3) is 0 Å². The summed E-state index contributed by atoms with van der Waals surface area (Å²) in [6.45, 7) is 5.24. The van der Waals surface area contributed by atoms with Crippen molar-refractivity contribution in [3.05, 3.63) is 24.0 Å². The van der Waals surface area contributed by atoms with Crippen LogP contribution in [0.4, 0.5) is 0 Å². The monoisotopic (exact) mass is 196 g/mol. The molecule has 1 aromatic heterocycles. The zero-order valence-electron chi connectivity index (χ0n) is 9.20. The van der Waals surface area contributed by atoms with Crippen molar-refractivity contribution >= 4 is 0 Å². The Morgan fingerprint density at radius 1 is 1.50 bits per heavy atom. The second kappa shape index (κ2) is 5.17. The van der Waals surface area contributed by atoms with Gasteiger partial charge in [0.2, 0.25) is 0 Å². The van der Waals surface area contributed by atoms with Crippen molar-refractivity contribution in [1.29, 1.82) is 0 Å². The molecule has 2 N–H and O–H groups in total. The quantitative estimate of drug-likeness (QED) is 0.741. The Balaban J connectivity index is 2.39. The van der Waals surface area contributed by atoms with Crippen LogP contribution in [0.1, 0.15) is 19.4 Å². The standard InChI is InChI=1S/C11H20N2O/c1-9(2)11(8-14)12-6-10-4-5-13(3)7-10/h4-5,7,9,11-12,14H,6,8H2,1-3H3/t11-/m1/s1. The fourth-order valence-electron chi connectivity index (χ4n) is 1.43. The molecule has 1 heterocycles. The number of nitrogens with one attached hydrogen (secondary N) is 1. The molecule has 0 radical (unpaired) electrons. The van der Waals surface area contributed by atoms with Gasteiger partial charge in [-0.2, -0.15) is 0 Å². The Kier molecular flexibility index (Phi) is 4.17. The van der Waals surface area contributed by atoms with E-state index in [-0.39, 0.29) is 12.6 Å². The molecule has 80 valence electrons. The molecule has 0 amide bonds. The highest BCUT2D eigenvalue weighted by atomic mass is 16.3. The first-order valence-electron chi connectivity index (χ1n) is 5.08. The lowest BCUT2D eigenvalue weighted by Gasteiger charge is -2.19. The summed E-state index contributed by atoms with van der Waals surface area (Å²) >= 11 is 0. The topological polar surface area (TPSA) is 37.2 Å². The molecule has 0 aromatic carbocycles. The van der Waals surface area contributed by atoms with Gasteiger partial charge in [0.1, 0.15) is 0 Å². The Labute approximate surface area is 85.7 Å². The molecule has 3 heteroatoms. The molecule has 0 aliphatic rings. The maximum atomic E-state index is 9.11. The summed E-state index contributed by atoms with van der Waals surface area (Å²) in [7, 11) is 2.01. The van der Waals surface area contributed by atoms with E-state index in [1.807, 2.05) is 17.8 Å². The summed E-state index contributed by atoms with van der Waals surface area (Å²) in [6.07, 6.45) is 4.11. The lowest BCUT2D eigenvalue weighted by atomic mass is 10.1. The van der Waals surface area contributed by atoms with Gasteiger partial charge in [0.05, 0.1) is 6.61 Å². The van der Waals surface area contributed by atoms with Crippen LogP contribution in [-0.2, 0) is 13.6 Å². The van der Waals surface area contributed by atoms with Gasteiger partial charge in [-0.1, -0.05) is 13.8 Å². The number of hydrogen-bond donors (Lipinski definition) is 2. The largest absolute Gasteiger partial charge is 0.395 e. The highest BCUT2D eigenvalue weighted by molar-refractivity contribution is 5.09. The number of aromatic nitrogens is 1. The predicted molar refractivity (Wildman–Crippen MR) is 58.0 cm³/mol. The van der Waals surface area contributed by atoms with Crippen LogP contribution in [0.5, 0.6) is 0 Å². The van der Waals surface area contributed by atoms with Crippen LogP contribution in [0.3, 0.4) is 0 Å². The van der Waals surface area contributed by atoms with Gasteiger partial charge in [0, 0.05) is 32.0 Å². The third-order valence-corrected chi connectivity index (χ3v) is 2.46. The van der Waals surface area contributed by atoms with E-state index in [4.69, 9.17) is 5.11 Å². The number of nitrogens with zero attached hydrogens (tertiary/aromatic N) is 1. The van der Waals surface area contributed by atoms with E-state index in [1.165, 1.54) is 5.56 Å². The van der Waals surface area contributed by atoms with Gasteiger partial charge < -0.3 is 15.0 Å². The molecule has 14 heavy (non-hydrogen) atoms. The zero-order valence-corrected chi connectivity index (χ0v) is 9.20. The number of rotatable bonds is 5. The smallest absolute Gasteiger partial charge is 0.0587 e. The minimum atomic E-state index is 0.190. The number of aliphatic hydroxyl groups excluding tert-OH is 1. The van der Waals surface area contributed by atoms with Gasteiger partial charge in [0.15, 0.2) is 0 Å². The van der Waals surface area contributed by atoms with Crippen molar-refractivity contribution < 1.29 is 5.11 Å². The third kappa shape index (κ3) is 3.16. The van der Waals surface area contributed by atoms with Gasteiger partial charge >= 0.3 is 0 Å². The molecule has 0 aliphatic carbocycles. The molecule has 0 fully saturated rings. The predicted octanol–water partition coefficient (Wildman–Crippen LogP) is 1.13. The number of aliphatic hydroxyl groups is 1. The molecule has 0 spiro atoms. The van der Waals surface area contributed by atoms with Crippen LogP contribution in [-0.4, -0.2) is 22.3 Å². The molecule has 1 atom stereocenters. The molecule has 0 aliphatic heterocycles. The van der Waals surface area contributed by atoms with E-state index in [0.717, 1.165) is 6.54 Å². The van der Waals surface area contributed by atoms with Gasteiger partial charge in [-0.05, 0) is 17.5 Å². The lowest BCUT2D eigenvalue weighted by molar-refractivity contribution is 0.210. The average molecular weight is 196 g/mol. The summed E-state index contributed by atoms with van der Waals surface area (Å²) in [5.41, 5.74) is 1.26. The maximum Gasteiger partial charge on any atom is 0.0587 e. The normalized spacial score (nSPS) is 13.5. The van der Waals surface area contributed by atoms with Crippen LogP contribution in [0.2, 0.25) is 0 Å². The van der Waals surface area contributed by atoms with E-state index < -0.39 is 0 Å². The molecule has 0 bridgehead atoms. The third-order valence-electron chi connectivity index (χ3n) is 2.46. The summed E-state index contributed by atoms with van der Waals surface area (Å²) in [6, 6.07) is 2.28. The zero-order chi connectivity index (χ0) is 10.6. The number of hydrogen-bond acceptors (Lipinski definition) is 2. The SMILES string of the molecule is CC(C)[C@@H](CO)NCc1ccn(C)c1. The molecule has 0 unspecified atom stereocenters. The van der Waals surface area contributed by atoms with Crippen molar-refractivity contribution in [3.8, 4) is 0 Å². The Hall–Kier alpha value is -0.800. The van der Waals surface area contributed by atoms with E-state index >= 15 is 0 Å². The molecule has 1 rings (SSSR count). The van der Waals surface area contributed by atoms with E-state index in [9.17, 15) is 0 Å². The van der Waals surface area contributed by atoms with Crippen LogP contribution >= 0.6 is 0 Å². The fraction of sp³-hybridized carbons (Fsp3) is 0.636. The lowest BCUT2D eigenvalue weighted by Crippen LogP contribution is -2.36. The average Bonchev–Trinajstić information content (AvgIpc) is 2.52. The van der Waals surface area contributed by atoms with Gasteiger partial charge in [-0.3, -0.25) is 0 Å². The fourth-order valence-corrected chi connectivity index (χ4v) is 1.43. The van der Waals surface area contributed by atoms with Crippen molar-refractivity contribution in [3.63, 3.8) is 0 Å². The summed E-state index contributed by atoms with van der Waals surface area (Å²) in [4.78, 5) is 0. The Morgan fingerprint density at radius 3 is 2.64 bits per heavy atom. The Bertz CT molecular complexity index is 268. The molecule has 0 saturated heterocycles. The van der Waals surface area contributed by atoms with E-state index in [1.54, 1.807) is 0 Å². The van der Waals surface area contributed by atoms with Crippen molar-refractivity contribution in [2.75, 3.05) is 6.61 Å². The van der Waals surface area contributed by atoms with Crippen molar-refractivity contribution in [2.45, 2.75) is 26.4 Å². The highest BCUT2D eigenvalue weighted by Gasteiger charge is 2.10. The molecular weight excluding hydrogens is 176 g/mol. The summed E-state index contributed by atoms with van der Waals surface area (Å²) < 4.78 is 2.03. The first-order valence-corrected chi connectivity index (χ1v) is 5.08. The van der Waals surface area contributed by atoms with Crippen LogP contribution < -0.4 is 5.32 Å².